The Bertz CT molecular complexity index is 832. The summed E-state index contributed by atoms with van der Waals surface area (Å²) in [5.41, 5.74) is 10.5. The van der Waals surface area contributed by atoms with Crippen molar-refractivity contribution in [3.05, 3.63) is 52.3 Å². The summed E-state index contributed by atoms with van der Waals surface area (Å²) in [5, 5.41) is 0. The van der Waals surface area contributed by atoms with Crippen LogP contribution in [0, 0.1) is 5.92 Å². The molecule has 130 valence electrons. The van der Waals surface area contributed by atoms with Gasteiger partial charge in [-0.15, -0.1) is 0 Å². The first kappa shape index (κ1) is 15.9. The van der Waals surface area contributed by atoms with Crippen molar-refractivity contribution >= 4 is 5.91 Å². The molecule has 1 aliphatic heterocycles. The van der Waals surface area contributed by atoms with Crippen LogP contribution in [0.2, 0.25) is 0 Å². The number of aromatic nitrogens is 1. The second-order valence-electron chi connectivity index (χ2n) is 6.87. The molecule has 2 heterocycles. The van der Waals surface area contributed by atoms with Crippen LogP contribution in [0.1, 0.15) is 39.3 Å². The molecule has 0 saturated heterocycles. The highest BCUT2D eigenvalue weighted by atomic mass is 16.5. The Balaban J connectivity index is 1.57. The number of carbonyl (C=O) groups excluding carboxylic acids is 1. The minimum Gasteiger partial charge on any atom is -0.497 e. The van der Waals surface area contributed by atoms with Gasteiger partial charge in [-0.05, 0) is 55.4 Å². The summed E-state index contributed by atoms with van der Waals surface area (Å²) < 4.78 is 11.2. The van der Waals surface area contributed by atoms with Crippen LogP contribution in [0.25, 0.3) is 0 Å². The topological polar surface area (TPSA) is 74.4 Å². The lowest BCUT2D eigenvalue weighted by molar-refractivity contribution is 0.0998. The quantitative estimate of drug-likeness (QED) is 0.929. The molecule has 1 aromatic heterocycles. The lowest BCUT2D eigenvalue weighted by atomic mass is 9.91. The van der Waals surface area contributed by atoms with Crippen LogP contribution in [0.5, 0.6) is 11.5 Å². The summed E-state index contributed by atoms with van der Waals surface area (Å²) in [6.07, 6.45) is 4.69. The van der Waals surface area contributed by atoms with Crippen LogP contribution in [0.3, 0.4) is 0 Å². The van der Waals surface area contributed by atoms with Crippen molar-refractivity contribution in [2.24, 2.45) is 11.7 Å². The van der Waals surface area contributed by atoms with Crippen molar-refractivity contribution in [1.82, 2.24) is 4.98 Å². The first-order valence-corrected chi connectivity index (χ1v) is 8.75. The standard InChI is InChI=1S/C20H22N2O3/c1-24-15-6-5-14-7-12(11-25-19(14)10-15)8-18-16(20(21)23)9-13-3-2-4-17(13)22-18/h5-6,9-10,12H,2-4,7-8,11H2,1H3,(H2,21,23)/t12-/m0/s1. The molecule has 1 aliphatic carbocycles. The summed E-state index contributed by atoms with van der Waals surface area (Å²) in [5.74, 6) is 1.58. The predicted octanol–water partition coefficient (Wildman–Crippen LogP) is 2.47. The van der Waals surface area contributed by atoms with Gasteiger partial charge in [0.15, 0.2) is 0 Å². The van der Waals surface area contributed by atoms with Gasteiger partial charge in [-0.25, -0.2) is 0 Å². The number of rotatable bonds is 4. The molecule has 0 bridgehead atoms. The van der Waals surface area contributed by atoms with Crippen LogP contribution in [0.15, 0.2) is 24.3 Å². The van der Waals surface area contributed by atoms with E-state index in [1.54, 1.807) is 7.11 Å². The van der Waals surface area contributed by atoms with Crippen molar-refractivity contribution in [1.29, 1.82) is 0 Å². The van der Waals surface area contributed by atoms with Gasteiger partial charge in [0.05, 0.1) is 25.0 Å². The maximum atomic E-state index is 11.9. The number of methoxy groups -OCH3 is 1. The van der Waals surface area contributed by atoms with Gasteiger partial charge in [-0.1, -0.05) is 6.07 Å². The molecule has 0 radical (unpaired) electrons. The summed E-state index contributed by atoms with van der Waals surface area (Å²) >= 11 is 0. The van der Waals surface area contributed by atoms with E-state index in [1.165, 1.54) is 11.1 Å². The van der Waals surface area contributed by atoms with E-state index < -0.39 is 0 Å². The van der Waals surface area contributed by atoms with Gasteiger partial charge in [0.25, 0.3) is 5.91 Å². The summed E-state index contributed by atoms with van der Waals surface area (Å²) in [4.78, 5) is 16.6. The highest BCUT2D eigenvalue weighted by Crippen LogP contribution is 2.33. The van der Waals surface area contributed by atoms with E-state index in [4.69, 9.17) is 20.2 Å². The van der Waals surface area contributed by atoms with E-state index in [9.17, 15) is 4.79 Å². The fourth-order valence-corrected chi connectivity index (χ4v) is 3.83. The number of pyridine rings is 1. The molecular weight excluding hydrogens is 316 g/mol. The van der Waals surface area contributed by atoms with Crippen molar-refractivity contribution in [2.45, 2.75) is 32.1 Å². The molecule has 4 rings (SSSR count). The number of fused-ring (bicyclic) bond motifs is 2. The number of benzene rings is 1. The third kappa shape index (κ3) is 3.06. The number of primary amides is 1. The predicted molar refractivity (Wildman–Crippen MR) is 94.2 cm³/mol. The Morgan fingerprint density at radius 1 is 1.32 bits per heavy atom. The van der Waals surface area contributed by atoms with Crippen LogP contribution in [0.4, 0.5) is 0 Å². The zero-order valence-corrected chi connectivity index (χ0v) is 14.4. The molecule has 2 aliphatic rings. The monoisotopic (exact) mass is 338 g/mol. The second kappa shape index (κ2) is 6.39. The molecule has 5 nitrogen and oxygen atoms in total. The smallest absolute Gasteiger partial charge is 0.250 e. The maximum Gasteiger partial charge on any atom is 0.250 e. The van der Waals surface area contributed by atoms with Crippen LogP contribution < -0.4 is 15.2 Å². The number of aryl methyl sites for hydroxylation is 2. The Hall–Kier alpha value is -2.56. The first-order valence-electron chi connectivity index (χ1n) is 8.75. The van der Waals surface area contributed by atoms with Crippen molar-refractivity contribution in [3.63, 3.8) is 0 Å². The third-order valence-electron chi connectivity index (χ3n) is 5.13. The van der Waals surface area contributed by atoms with Gasteiger partial charge >= 0.3 is 0 Å². The Labute approximate surface area is 147 Å². The zero-order valence-electron chi connectivity index (χ0n) is 14.4. The number of hydrogen-bond acceptors (Lipinski definition) is 4. The largest absolute Gasteiger partial charge is 0.497 e. The number of nitrogens with zero attached hydrogens (tertiary/aromatic N) is 1. The van der Waals surface area contributed by atoms with Crippen molar-refractivity contribution < 1.29 is 14.3 Å². The molecule has 1 aromatic carbocycles. The van der Waals surface area contributed by atoms with Crippen LogP contribution >= 0.6 is 0 Å². The molecule has 25 heavy (non-hydrogen) atoms. The summed E-state index contributed by atoms with van der Waals surface area (Å²) in [6, 6.07) is 7.88. The van der Waals surface area contributed by atoms with E-state index >= 15 is 0 Å². The van der Waals surface area contributed by atoms with Gasteiger partial charge in [0, 0.05) is 17.7 Å². The van der Waals surface area contributed by atoms with E-state index in [2.05, 4.69) is 0 Å². The number of carbonyl (C=O) groups is 1. The zero-order chi connectivity index (χ0) is 17.4. The average Bonchev–Trinajstić information content (AvgIpc) is 3.07. The fraction of sp³-hybridized carbons (Fsp3) is 0.400. The molecule has 1 amide bonds. The molecule has 0 saturated carbocycles. The van der Waals surface area contributed by atoms with Crippen LogP contribution in [-0.2, 0) is 25.7 Å². The Morgan fingerprint density at radius 2 is 2.20 bits per heavy atom. The van der Waals surface area contributed by atoms with Gasteiger partial charge in [0.2, 0.25) is 0 Å². The highest BCUT2D eigenvalue weighted by Gasteiger charge is 2.25. The minimum atomic E-state index is -0.390. The highest BCUT2D eigenvalue weighted by molar-refractivity contribution is 5.94. The second-order valence-corrected chi connectivity index (χ2v) is 6.87. The number of hydrogen-bond donors (Lipinski definition) is 1. The van der Waals surface area contributed by atoms with E-state index in [-0.39, 0.29) is 11.8 Å². The Kier molecular flexibility index (Phi) is 4.07. The fourth-order valence-electron chi connectivity index (χ4n) is 3.83. The minimum absolute atomic E-state index is 0.283. The average molecular weight is 338 g/mol. The van der Waals surface area contributed by atoms with E-state index in [1.807, 2.05) is 24.3 Å². The van der Waals surface area contributed by atoms with Crippen molar-refractivity contribution in [2.75, 3.05) is 13.7 Å². The molecular formula is C20H22N2O3. The SMILES string of the molecule is COc1ccc2c(c1)OC[C@H](Cc1nc3c(cc1C(N)=O)CCC3)C2. The number of ether oxygens (including phenoxy) is 2. The summed E-state index contributed by atoms with van der Waals surface area (Å²) in [7, 11) is 1.65. The van der Waals surface area contributed by atoms with E-state index in [0.717, 1.165) is 48.6 Å². The van der Waals surface area contributed by atoms with Gasteiger partial charge in [-0.3, -0.25) is 9.78 Å². The molecule has 1 atom stereocenters. The lowest BCUT2D eigenvalue weighted by Gasteiger charge is -2.26. The van der Waals surface area contributed by atoms with Crippen LogP contribution in [-0.4, -0.2) is 24.6 Å². The molecule has 0 fully saturated rings. The first-order chi connectivity index (χ1) is 12.1. The molecule has 0 unspecified atom stereocenters. The maximum absolute atomic E-state index is 11.9. The number of nitrogens with two attached hydrogens (primary N) is 1. The van der Waals surface area contributed by atoms with Gasteiger partial charge < -0.3 is 15.2 Å². The lowest BCUT2D eigenvalue weighted by Crippen LogP contribution is -2.25. The third-order valence-corrected chi connectivity index (χ3v) is 5.13. The molecule has 2 N–H and O–H groups in total. The molecule has 2 aromatic rings. The van der Waals surface area contributed by atoms with E-state index in [0.29, 0.717) is 18.6 Å². The molecule has 5 heteroatoms. The number of amides is 1. The van der Waals surface area contributed by atoms with Gasteiger partial charge in [-0.2, -0.15) is 0 Å². The molecule has 0 spiro atoms. The van der Waals surface area contributed by atoms with Gasteiger partial charge in [0.1, 0.15) is 11.5 Å². The Morgan fingerprint density at radius 3 is 3.00 bits per heavy atom. The normalized spacial score (nSPS) is 18.2. The summed E-state index contributed by atoms with van der Waals surface area (Å²) in [6.45, 7) is 0.608. The van der Waals surface area contributed by atoms with Crippen molar-refractivity contribution in [3.8, 4) is 11.5 Å².